The zero-order chi connectivity index (χ0) is 22.9. The topological polar surface area (TPSA) is 78.5 Å². The van der Waals surface area contributed by atoms with Crippen LogP contribution in [-0.2, 0) is 4.79 Å². The van der Waals surface area contributed by atoms with Crippen molar-refractivity contribution in [2.45, 2.75) is 31.3 Å². The lowest BCUT2D eigenvalue weighted by atomic mass is 10.0. The van der Waals surface area contributed by atoms with Crippen LogP contribution in [0.1, 0.15) is 40.0 Å². The first-order chi connectivity index (χ1) is 15.5. The number of thioether (sulfide) groups is 1. The van der Waals surface area contributed by atoms with Crippen LogP contribution in [0.2, 0.25) is 5.02 Å². The van der Waals surface area contributed by atoms with E-state index < -0.39 is 6.04 Å². The Bertz CT molecular complexity index is 933. The molecule has 2 aromatic carbocycles. The van der Waals surface area contributed by atoms with Gasteiger partial charge in [0.1, 0.15) is 6.04 Å². The molecule has 1 aliphatic rings. The Hall–Kier alpha value is -2.51. The third-order valence-electron chi connectivity index (χ3n) is 5.51. The van der Waals surface area contributed by atoms with Gasteiger partial charge in [0.15, 0.2) is 0 Å². The predicted molar refractivity (Wildman–Crippen MR) is 129 cm³/mol. The van der Waals surface area contributed by atoms with Gasteiger partial charge in [-0.15, -0.1) is 0 Å². The summed E-state index contributed by atoms with van der Waals surface area (Å²) in [4.78, 5) is 40.1. The summed E-state index contributed by atoms with van der Waals surface area (Å²) in [5.41, 5.74) is 0.990. The average Bonchev–Trinajstić information content (AvgIpc) is 2.82. The molecular weight excluding hydrogens is 446 g/mol. The molecule has 3 rings (SSSR count). The number of nitrogens with zero attached hydrogens (tertiary/aromatic N) is 1. The Morgan fingerprint density at radius 3 is 2.34 bits per heavy atom. The number of piperidine rings is 1. The second-order valence-electron chi connectivity index (χ2n) is 7.73. The summed E-state index contributed by atoms with van der Waals surface area (Å²) in [6.07, 6.45) is 3.87. The first-order valence-electron chi connectivity index (χ1n) is 10.7. The number of carbonyl (C=O) groups is 3. The fourth-order valence-corrected chi connectivity index (χ4v) is 4.39. The zero-order valence-corrected chi connectivity index (χ0v) is 19.6. The minimum Gasteiger partial charge on any atom is -0.349 e. The monoisotopic (exact) mass is 473 g/mol. The first kappa shape index (κ1) is 24.1. The molecular formula is C24H28ClN3O3S. The third kappa shape index (κ3) is 6.50. The van der Waals surface area contributed by atoms with E-state index >= 15 is 0 Å². The van der Waals surface area contributed by atoms with Gasteiger partial charge in [-0.2, -0.15) is 11.8 Å². The van der Waals surface area contributed by atoms with Crippen molar-refractivity contribution in [3.63, 3.8) is 0 Å². The lowest BCUT2D eigenvalue weighted by Crippen LogP contribution is -2.53. The van der Waals surface area contributed by atoms with Gasteiger partial charge in [-0.05, 0) is 55.5 Å². The molecule has 3 amide bonds. The Balaban J connectivity index is 1.57. The van der Waals surface area contributed by atoms with E-state index in [0.29, 0.717) is 48.5 Å². The van der Waals surface area contributed by atoms with Crippen molar-refractivity contribution < 1.29 is 14.4 Å². The lowest BCUT2D eigenvalue weighted by molar-refractivity contribution is -0.134. The third-order valence-corrected chi connectivity index (χ3v) is 6.48. The van der Waals surface area contributed by atoms with Crippen LogP contribution in [0.25, 0.3) is 0 Å². The highest BCUT2D eigenvalue weighted by Gasteiger charge is 2.30. The highest BCUT2D eigenvalue weighted by atomic mass is 35.5. The van der Waals surface area contributed by atoms with Gasteiger partial charge in [0, 0.05) is 24.7 Å². The maximum Gasteiger partial charge on any atom is 0.253 e. The van der Waals surface area contributed by atoms with Gasteiger partial charge in [-0.25, -0.2) is 0 Å². The SMILES string of the molecule is CSCCC(NC(=O)c1ccccc1Cl)C(=O)N1CCC(NC(=O)c2ccccc2)CC1. The Morgan fingerprint density at radius 1 is 1.03 bits per heavy atom. The van der Waals surface area contributed by atoms with Crippen molar-refractivity contribution in [3.8, 4) is 0 Å². The maximum absolute atomic E-state index is 13.2. The van der Waals surface area contributed by atoms with E-state index in [0.717, 1.165) is 5.75 Å². The van der Waals surface area contributed by atoms with Crippen molar-refractivity contribution in [1.29, 1.82) is 0 Å². The fourth-order valence-electron chi connectivity index (χ4n) is 3.70. The summed E-state index contributed by atoms with van der Waals surface area (Å²) in [5.74, 6) is 0.218. The molecule has 2 aromatic rings. The summed E-state index contributed by atoms with van der Waals surface area (Å²) < 4.78 is 0. The predicted octanol–water partition coefficient (Wildman–Crippen LogP) is 3.61. The van der Waals surface area contributed by atoms with E-state index in [4.69, 9.17) is 11.6 Å². The first-order valence-corrected chi connectivity index (χ1v) is 12.5. The molecule has 8 heteroatoms. The highest BCUT2D eigenvalue weighted by Crippen LogP contribution is 2.17. The number of halogens is 1. The van der Waals surface area contributed by atoms with Crippen LogP contribution in [0.4, 0.5) is 0 Å². The smallest absolute Gasteiger partial charge is 0.253 e. The van der Waals surface area contributed by atoms with Gasteiger partial charge in [0.25, 0.3) is 11.8 Å². The number of hydrogen-bond donors (Lipinski definition) is 2. The van der Waals surface area contributed by atoms with Crippen molar-refractivity contribution in [2.24, 2.45) is 0 Å². The molecule has 1 heterocycles. The Kier molecular flexibility index (Phi) is 9.00. The minimum absolute atomic E-state index is 0.0223. The van der Waals surface area contributed by atoms with E-state index in [1.807, 2.05) is 24.5 Å². The number of nitrogens with one attached hydrogen (secondary N) is 2. The Labute approximate surface area is 198 Å². The van der Waals surface area contributed by atoms with Crippen LogP contribution in [0.3, 0.4) is 0 Å². The van der Waals surface area contributed by atoms with Crippen LogP contribution in [0.5, 0.6) is 0 Å². The molecule has 0 radical (unpaired) electrons. The fraction of sp³-hybridized carbons (Fsp3) is 0.375. The van der Waals surface area contributed by atoms with E-state index in [1.54, 1.807) is 53.1 Å². The van der Waals surface area contributed by atoms with Crippen molar-refractivity contribution in [2.75, 3.05) is 25.1 Å². The van der Waals surface area contributed by atoms with Gasteiger partial charge in [0.2, 0.25) is 5.91 Å². The van der Waals surface area contributed by atoms with Crippen molar-refractivity contribution in [3.05, 3.63) is 70.7 Å². The molecule has 0 aromatic heterocycles. The van der Waals surface area contributed by atoms with Crippen LogP contribution < -0.4 is 10.6 Å². The normalized spacial score (nSPS) is 15.1. The summed E-state index contributed by atoms with van der Waals surface area (Å²) in [6, 6.07) is 15.3. The molecule has 170 valence electrons. The zero-order valence-electron chi connectivity index (χ0n) is 18.1. The molecule has 0 aliphatic carbocycles. The van der Waals surface area contributed by atoms with E-state index in [9.17, 15) is 14.4 Å². The minimum atomic E-state index is -0.610. The number of amides is 3. The van der Waals surface area contributed by atoms with Gasteiger partial charge >= 0.3 is 0 Å². The summed E-state index contributed by atoms with van der Waals surface area (Å²) in [7, 11) is 0. The molecule has 0 bridgehead atoms. The van der Waals surface area contributed by atoms with Crippen LogP contribution in [-0.4, -0.2) is 59.8 Å². The molecule has 1 saturated heterocycles. The lowest BCUT2D eigenvalue weighted by Gasteiger charge is -2.34. The maximum atomic E-state index is 13.2. The molecule has 2 N–H and O–H groups in total. The van der Waals surface area contributed by atoms with Crippen molar-refractivity contribution >= 4 is 41.1 Å². The number of rotatable bonds is 8. The van der Waals surface area contributed by atoms with Gasteiger partial charge in [-0.3, -0.25) is 14.4 Å². The van der Waals surface area contributed by atoms with Crippen LogP contribution in [0, 0.1) is 0 Å². The second-order valence-corrected chi connectivity index (χ2v) is 9.12. The molecule has 32 heavy (non-hydrogen) atoms. The molecule has 0 spiro atoms. The Morgan fingerprint density at radius 2 is 1.69 bits per heavy atom. The van der Waals surface area contributed by atoms with E-state index in [1.165, 1.54) is 0 Å². The summed E-state index contributed by atoms with van der Waals surface area (Å²) in [5, 5.41) is 6.28. The quantitative estimate of drug-likeness (QED) is 0.613. The van der Waals surface area contributed by atoms with E-state index in [-0.39, 0.29) is 23.8 Å². The highest BCUT2D eigenvalue weighted by molar-refractivity contribution is 7.98. The molecule has 1 atom stereocenters. The number of benzene rings is 2. The van der Waals surface area contributed by atoms with Crippen molar-refractivity contribution in [1.82, 2.24) is 15.5 Å². The summed E-state index contributed by atoms with van der Waals surface area (Å²) >= 11 is 7.77. The van der Waals surface area contributed by atoms with Gasteiger partial charge in [0.05, 0.1) is 10.6 Å². The van der Waals surface area contributed by atoms with E-state index in [2.05, 4.69) is 10.6 Å². The molecule has 1 unspecified atom stereocenters. The number of carbonyl (C=O) groups excluding carboxylic acids is 3. The molecule has 0 saturated carbocycles. The molecule has 1 fully saturated rings. The number of hydrogen-bond acceptors (Lipinski definition) is 4. The van der Waals surface area contributed by atoms with Crippen LogP contribution in [0.15, 0.2) is 54.6 Å². The largest absolute Gasteiger partial charge is 0.349 e. The van der Waals surface area contributed by atoms with Gasteiger partial charge < -0.3 is 15.5 Å². The van der Waals surface area contributed by atoms with Crippen LogP contribution >= 0.6 is 23.4 Å². The average molecular weight is 474 g/mol. The molecule has 1 aliphatic heterocycles. The van der Waals surface area contributed by atoms with Gasteiger partial charge in [-0.1, -0.05) is 41.9 Å². The standard InChI is InChI=1S/C24H28ClN3O3S/c1-32-16-13-21(27-23(30)19-9-5-6-10-20(19)25)24(31)28-14-11-18(12-15-28)26-22(29)17-7-3-2-4-8-17/h2-10,18,21H,11-16H2,1H3,(H,26,29)(H,27,30). The second kappa shape index (κ2) is 11.9. The molecule has 6 nitrogen and oxygen atoms in total. The summed E-state index contributed by atoms with van der Waals surface area (Å²) in [6.45, 7) is 1.08. The number of likely N-dealkylation sites (tertiary alicyclic amines) is 1.